The van der Waals surface area contributed by atoms with Crippen molar-refractivity contribution >= 4 is 67.6 Å². The lowest BCUT2D eigenvalue weighted by Gasteiger charge is -2.10. The number of carbonyl (C=O) groups is 1. The zero-order chi connectivity index (χ0) is 21.0. The Morgan fingerprint density at radius 3 is 2.69 bits per heavy atom. The Kier molecular flexibility index (Phi) is 7.18. The van der Waals surface area contributed by atoms with E-state index in [1.165, 1.54) is 17.4 Å². The Morgan fingerprint density at radius 1 is 1.21 bits per heavy atom. The average Bonchev–Trinajstić information content (AvgIpc) is 3.13. The van der Waals surface area contributed by atoms with Gasteiger partial charge >= 0.3 is 0 Å². The number of rotatable bonds is 6. The number of amides is 1. The lowest BCUT2D eigenvalue weighted by molar-refractivity contribution is -0.111. The second kappa shape index (κ2) is 9.63. The summed E-state index contributed by atoms with van der Waals surface area (Å²) in [6.07, 6.45) is 3.09. The molecule has 1 amide bonds. The predicted molar refractivity (Wildman–Crippen MR) is 122 cm³/mol. The van der Waals surface area contributed by atoms with Crippen molar-refractivity contribution in [2.45, 2.75) is 0 Å². The first-order chi connectivity index (χ1) is 13.9. The van der Waals surface area contributed by atoms with E-state index in [-0.39, 0.29) is 5.91 Å². The van der Waals surface area contributed by atoms with Crippen molar-refractivity contribution in [3.8, 4) is 22.8 Å². The number of thiazole rings is 1. The molecule has 9 heteroatoms. The summed E-state index contributed by atoms with van der Waals surface area (Å²) in [4.78, 5) is 16.7. The van der Waals surface area contributed by atoms with Crippen LogP contribution in [0.25, 0.3) is 17.3 Å². The van der Waals surface area contributed by atoms with Crippen molar-refractivity contribution in [1.29, 1.82) is 0 Å². The molecule has 0 fully saturated rings. The molecule has 0 unspecified atom stereocenters. The smallest absolute Gasteiger partial charge is 0.250 e. The highest BCUT2D eigenvalue weighted by Gasteiger charge is 2.11. The minimum absolute atomic E-state index is 0.306. The van der Waals surface area contributed by atoms with Crippen molar-refractivity contribution < 1.29 is 14.3 Å². The van der Waals surface area contributed by atoms with E-state index in [2.05, 4.69) is 26.2 Å². The van der Waals surface area contributed by atoms with Crippen LogP contribution in [0.5, 0.6) is 11.5 Å². The van der Waals surface area contributed by atoms with Crippen LogP contribution in [0.4, 0.5) is 5.13 Å². The molecule has 2 aromatic carbocycles. The van der Waals surface area contributed by atoms with Gasteiger partial charge in [-0.3, -0.25) is 10.1 Å². The third kappa shape index (κ3) is 5.30. The molecule has 1 heterocycles. The molecule has 29 heavy (non-hydrogen) atoms. The van der Waals surface area contributed by atoms with E-state index in [9.17, 15) is 4.79 Å². The summed E-state index contributed by atoms with van der Waals surface area (Å²) >= 11 is 16.9. The van der Waals surface area contributed by atoms with Crippen LogP contribution in [0.3, 0.4) is 0 Å². The lowest BCUT2D eigenvalue weighted by Crippen LogP contribution is -2.07. The number of aromatic nitrogens is 1. The molecule has 0 spiro atoms. The van der Waals surface area contributed by atoms with Gasteiger partial charge in [0.1, 0.15) is 0 Å². The van der Waals surface area contributed by atoms with E-state index in [1.54, 1.807) is 44.6 Å². The number of halogens is 3. The minimum Gasteiger partial charge on any atom is -0.493 e. The summed E-state index contributed by atoms with van der Waals surface area (Å²) in [7, 11) is 3.11. The number of anilines is 1. The first-order valence-electron chi connectivity index (χ1n) is 8.22. The van der Waals surface area contributed by atoms with Crippen LogP contribution >= 0.6 is 50.5 Å². The average molecular weight is 514 g/mol. The molecule has 3 rings (SSSR count). The van der Waals surface area contributed by atoms with Gasteiger partial charge in [0.05, 0.1) is 29.4 Å². The number of ether oxygens (including phenoxy) is 2. The van der Waals surface area contributed by atoms with Crippen molar-refractivity contribution in [3.63, 3.8) is 0 Å². The van der Waals surface area contributed by atoms with E-state index in [1.807, 2.05) is 11.4 Å². The van der Waals surface area contributed by atoms with Crippen molar-refractivity contribution in [2.24, 2.45) is 0 Å². The van der Waals surface area contributed by atoms with Gasteiger partial charge in [0.2, 0.25) is 5.91 Å². The zero-order valence-corrected chi connectivity index (χ0v) is 19.2. The van der Waals surface area contributed by atoms with Gasteiger partial charge in [-0.2, -0.15) is 0 Å². The summed E-state index contributed by atoms with van der Waals surface area (Å²) in [5, 5.41) is 6.08. The lowest BCUT2D eigenvalue weighted by atomic mass is 10.2. The van der Waals surface area contributed by atoms with Crippen LogP contribution in [0.15, 0.2) is 46.3 Å². The van der Waals surface area contributed by atoms with Gasteiger partial charge in [-0.05, 0) is 57.9 Å². The standard InChI is InChI=1S/C20H15BrCl2N2O3S/c1-27-17-8-11(7-14(21)19(17)28-2)3-6-18(26)25-20-24-16(10-29-20)13-5-4-12(22)9-15(13)23/h3-10H,1-2H3,(H,24,25,26). The number of nitrogens with one attached hydrogen (secondary N) is 1. The summed E-state index contributed by atoms with van der Waals surface area (Å²) in [6.45, 7) is 0. The van der Waals surface area contributed by atoms with E-state index in [4.69, 9.17) is 32.7 Å². The highest BCUT2D eigenvalue weighted by Crippen LogP contribution is 2.36. The fourth-order valence-electron chi connectivity index (χ4n) is 2.51. The number of carbonyl (C=O) groups excluding carboxylic acids is 1. The number of benzene rings is 2. The number of hydrogen-bond acceptors (Lipinski definition) is 5. The Labute approximate surface area is 190 Å². The first kappa shape index (κ1) is 21.6. The predicted octanol–water partition coefficient (Wildman–Crippen LogP) is 6.55. The molecule has 3 aromatic rings. The van der Waals surface area contributed by atoms with Crippen molar-refractivity contribution in [3.05, 3.63) is 61.9 Å². The Morgan fingerprint density at radius 2 is 2.00 bits per heavy atom. The molecular formula is C20H15BrCl2N2O3S. The van der Waals surface area contributed by atoms with Crippen LogP contribution in [0.1, 0.15) is 5.56 Å². The van der Waals surface area contributed by atoms with Gasteiger partial charge < -0.3 is 9.47 Å². The fourth-order valence-corrected chi connectivity index (χ4v) is 4.35. The second-order valence-electron chi connectivity index (χ2n) is 5.72. The highest BCUT2D eigenvalue weighted by molar-refractivity contribution is 9.10. The van der Waals surface area contributed by atoms with Gasteiger partial charge in [-0.25, -0.2) is 4.98 Å². The van der Waals surface area contributed by atoms with Crippen LogP contribution in [-0.4, -0.2) is 25.1 Å². The monoisotopic (exact) mass is 512 g/mol. The Hall–Kier alpha value is -2.06. The van der Waals surface area contributed by atoms with Gasteiger partial charge in [-0.1, -0.05) is 23.2 Å². The molecule has 5 nitrogen and oxygen atoms in total. The zero-order valence-electron chi connectivity index (χ0n) is 15.3. The van der Waals surface area contributed by atoms with Gasteiger partial charge in [0.25, 0.3) is 0 Å². The molecule has 0 aliphatic carbocycles. The van der Waals surface area contributed by atoms with Gasteiger partial charge in [-0.15, -0.1) is 11.3 Å². The van der Waals surface area contributed by atoms with E-state index in [0.29, 0.717) is 32.4 Å². The van der Waals surface area contributed by atoms with E-state index < -0.39 is 0 Å². The van der Waals surface area contributed by atoms with Crippen LogP contribution in [0, 0.1) is 0 Å². The molecule has 0 radical (unpaired) electrons. The maximum Gasteiger partial charge on any atom is 0.250 e. The van der Waals surface area contributed by atoms with E-state index in [0.717, 1.165) is 15.6 Å². The third-order valence-corrected chi connectivity index (χ3v) is 5.72. The quantitative estimate of drug-likeness (QED) is 0.380. The molecule has 0 bridgehead atoms. The maximum absolute atomic E-state index is 12.3. The molecule has 1 N–H and O–H groups in total. The number of nitrogens with zero attached hydrogens (tertiary/aromatic N) is 1. The normalized spacial score (nSPS) is 10.9. The van der Waals surface area contributed by atoms with Crippen LogP contribution in [-0.2, 0) is 4.79 Å². The Balaban J connectivity index is 1.72. The second-order valence-corrected chi connectivity index (χ2v) is 8.28. The molecule has 0 atom stereocenters. The van der Waals surface area contributed by atoms with Crippen LogP contribution in [0.2, 0.25) is 10.0 Å². The van der Waals surface area contributed by atoms with Crippen molar-refractivity contribution in [1.82, 2.24) is 4.98 Å². The Bertz CT molecular complexity index is 1090. The van der Waals surface area contributed by atoms with Crippen molar-refractivity contribution in [2.75, 3.05) is 19.5 Å². The molecule has 150 valence electrons. The molecule has 0 aliphatic rings. The van der Waals surface area contributed by atoms with Crippen LogP contribution < -0.4 is 14.8 Å². The molecule has 0 aliphatic heterocycles. The number of hydrogen-bond donors (Lipinski definition) is 1. The fraction of sp³-hybridized carbons (Fsp3) is 0.100. The molecular weight excluding hydrogens is 499 g/mol. The summed E-state index contributed by atoms with van der Waals surface area (Å²) in [5.74, 6) is 0.843. The highest BCUT2D eigenvalue weighted by atomic mass is 79.9. The SMILES string of the molecule is COc1cc(C=CC(=O)Nc2nc(-c3ccc(Cl)cc3Cl)cs2)cc(Br)c1OC. The summed E-state index contributed by atoms with van der Waals surface area (Å²) < 4.78 is 11.3. The third-order valence-electron chi connectivity index (χ3n) is 3.82. The minimum atomic E-state index is -0.306. The first-order valence-corrected chi connectivity index (χ1v) is 10.7. The summed E-state index contributed by atoms with van der Waals surface area (Å²) in [5.41, 5.74) is 2.19. The summed E-state index contributed by atoms with van der Waals surface area (Å²) in [6, 6.07) is 8.79. The topological polar surface area (TPSA) is 60.5 Å². The van der Waals surface area contributed by atoms with Gasteiger partial charge in [0.15, 0.2) is 16.6 Å². The van der Waals surface area contributed by atoms with Gasteiger partial charge in [0, 0.05) is 22.0 Å². The molecule has 1 aromatic heterocycles. The molecule has 0 saturated carbocycles. The maximum atomic E-state index is 12.3. The van der Waals surface area contributed by atoms with E-state index >= 15 is 0 Å². The largest absolute Gasteiger partial charge is 0.493 e. The molecule has 0 saturated heterocycles. The number of methoxy groups -OCH3 is 2.